The number of ether oxygens (including phenoxy) is 1. The van der Waals surface area contributed by atoms with Gasteiger partial charge in [-0.15, -0.1) is 0 Å². The summed E-state index contributed by atoms with van der Waals surface area (Å²) in [5, 5.41) is 0. The Labute approximate surface area is 95.8 Å². The van der Waals surface area contributed by atoms with E-state index in [1.807, 2.05) is 31.3 Å². The molecule has 82 valence electrons. The van der Waals surface area contributed by atoms with E-state index in [9.17, 15) is 0 Å². The average Bonchev–Trinajstić information content (AvgIpc) is 2.26. The van der Waals surface area contributed by atoms with Gasteiger partial charge >= 0.3 is 0 Å². The van der Waals surface area contributed by atoms with Gasteiger partial charge in [-0.05, 0) is 24.3 Å². The van der Waals surface area contributed by atoms with Gasteiger partial charge in [-0.1, -0.05) is 12.2 Å². The molecule has 15 heavy (non-hydrogen) atoms. The summed E-state index contributed by atoms with van der Waals surface area (Å²) in [5.74, 6) is 0.862. The topological polar surface area (TPSA) is 38.5 Å². The highest BCUT2D eigenvalue weighted by Crippen LogP contribution is 2.17. The lowest BCUT2D eigenvalue weighted by Crippen LogP contribution is -2.23. The van der Waals surface area contributed by atoms with Gasteiger partial charge in [0.2, 0.25) is 0 Å². The van der Waals surface area contributed by atoms with Gasteiger partial charge in [-0.2, -0.15) is 0 Å². The number of thiocarbonyl (C=S) groups is 1. The number of nitrogens with two attached hydrogens (primary N) is 1. The van der Waals surface area contributed by atoms with Crippen LogP contribution in [0.1, 0.15) is 6.42 Å². The quantitative estimate of drug-likeness (QED) is 0.774. The van der Waals surface area contributed by atoms with Crippen LogP contribution in [0.15, 0.2) is 24.3 Å². The lowest BCUT2D eigenvalue weighted by molar-refractivity contribution is 0.415. The van der Waals surface area contributed by atoms with Crippen LogP contribution in [0.4, 0.5) is 5.69 Å². The third-order valence-corrected chi connectivity index (χ3v) is 2.41. The highest BCUT2D eigenvalue weighted by molar-refractivity contribution is 7.80. The molecule has 0 bridgehead atoms. The molecule has 0 spiro atoms. The maximum Gasteiger partial charge on any atom is 0.119 e. The van der Waals surface area contributed by atoms with Crippen molar-refractivity contribution in [1.29, 1.82) is 0 Å². The lowest BCUT2D eigenvalue weighted by atomic mass is 10.2. The molecule has 3 nitrogen and oxygen atoms in total. The molecule has 0 amide bonds. The van der Waals surface area contributed by atoms with E-state index in [0.717, 1.165) is 24.4 Å². The normalized spacial score (nSPS) is 9.73. The van der Waals surface area contributed by atoms with Crippen LogP contribution in [-0.2, 0) is 0 Å². The van der Waals surface area contributed by atoms with E-state index in [4.69, 9.17) is 22.7 Å². The summed E-state index contributed by atoms with van der Waals surface area (Å²) >= 11 is 4.83. The van der Waals surface area contributed by atoms with Gasteiger partial charge in [0.25, 0.3) is 0 Å². The number of hydrogen-bond donors (Lipinski definition) is 1. The minimum absolute atomic E-state index is 0.551. The highest BCUT2D eigenvalue weighted by atomic mass is 32.1. The zero-order valence-corrected chi connectivity index (χ0v) is 9.88. The Bertz CT molecular complexity index is 324. The van der Waals surface area contributed by atoms with Crippen molar-refractivity contribution in [2.45, 2.75) is 6.42 Å². The van der Waals surface area contributed by atoms with Crippen LogP contribution in [0.2, 0.25) is 0 Å². The standard InChI is InChI=1S/C11H16N2OS/c1-13(8-7-11(12)15)9-3-5-10(14-2)6-4-9/h3-6H,7-8H2,1-2H3,(H2,12,15). The van der Waals surface area contributed by atoms with Gasteiger partial charge in [0.1, 0.15) is 5.75 Å². The second-order valence-electron chi connectivity index (χ2n) is 3.34. The molecule has 0 aliphatic carbocycles. The van der Waals surface area contributed by atoms with Crippen LogP contribution >= 0.6 is 12.2 Å². The molecule has 1 rings (SSSR count). The van der Waals surface area contributed by atoms with E-state index in [-0.39, 0.29) is 0 Å². The van der Waals surface area contributed by atoms with Crippen molar-refractivity contribution in [3.05, 3.63) is 24.3 Å². The SMILES string of the molecule is COc1ccc(N(C)CCC(N)=S)cc1. The van der Waals surface area contributed by atoms with Crippen molar-refractivity contribution >= 4 is 22.9 Å². The summed E-state index contributed by atoms with van der Waals surface area (Å²) in [6.07, 6.45) is 0.734. The molecule has 1 aromatic carbocycles. The van der Waals surface area contributed by atoms with Gasteiger partial charge in [-0.25, -0.2) is 0 Å². The summed E-state index contributed by atoms with van der Waals surface area (Å²) in [6.45, 7) is 0.835. The van der Waals surface area contributed by atoms with Crippen molar-refractivity contribution < 1.29 is 4.74 Å². The van der Waals surface area contributed by atoms with Crippen molar-refractivity contribution in [1.82, 2.24) is 0 Å². The third-order valence-electron chi connectivity index (χ3n) is 2.21. The number of anilines is 1. The Morgan fingerprint density at radius 3 is 2.47 bits per heavy atom. The average molecular weight is 224 g/mol. The molecule has 0 aromatic heterocycles. The molecule has 2 N–H and O–H groups in total. The molecule has 0 saturated carbocycles. The largest absolute Gasteiger partial charge is 0.497 e. The van der Waals surface area contributed by atoms with Gasteiger partial charge in [0, 0.05) is 25.7 Å². The smallest absolute Gasteiger partial charge is 0.119 e. The van der Waals surface area contributed by atoms with Crippen LogP contribution in [-0.4, -0.2) is 25.7 Å². The summed E-state index contributed by atoms with van der Waals surface area (Å²) in [6, 6.07) is 7.90. The first-order chi connectivity index (χ1) is 7.13. The number of rotatable bonds is 5. The fraction of sp³-hybridized carbons (Fsp3) is 0.364. The first-order valence-electron chi connectivity index (χ1n) is 4.77. The molecule has 0 radical (unpaired) electrons. The molecular formula is C11H16N2OS. The van der Waals surface area contributed by atoms with Gasteiger partial charge in [0.05, 0.1) is 12.1 Å². The molecule has 0 aliphatic rings. The summed E-state index contributed by atoms with van der Waals surface area (Å²) in [4.78, 5) is 2.66. The molecule has 0 heterocycles. The fourth-order valence-electron chi connectivity index (χ4n) is 1.24. The third kappa shape index (κ3) is 3.75. The molecule has 1 aromatic rings. The van der Waals surface area contributed by atoms with Gasteiger partial charge in [-0.3, -0.25) is 0 Å². The first kappa shape index (κ1) is 11.8. The van der Waals surface area contributed by atoms with Crippen LogP contribution in [0.5, 0.6) is 5.75 Å². The highest BCUT2D eigenvalue weighted by Gasteiger charge is 2.01. The van der Waals surface area contributed by atoms with Crippen LogP contribution in [0, 0.1) is 0 Å². The van der Waals surface area contributed by atoms with Crippen molar-refractivity contribution in [3.8, 4) is 5.75 Å². The van der Waals surface area contributed by atoms with E-state index in [2.05, 4.69) is 4.90 Å². The summed E-state index contributed by atoms with van der Waals surface area (Å²) in [5.41, 5.74) is 6.58. The zero-order chi connectivity index (χ0) is 11.3. The van der Waals surface area contributed by atoms with Gasteiger partial charge < -0.3 is 15.4 Å². The number of methoxy groups -OCH3 is 1. The molecule has 0 unspecified atom stereocenters. The minimum atomic E-state index is 0.551. The molecule has 0 aliphatic heterocycles. The summed E-state index contributed by atoms with van der Waals surface area (Å²) < 4.78 is 5.09. The lowest BCUT2D eigenvalue weighted by Gasteiger charge is -2.19. The maximum atomic E-state index is 5.45. The van der Waals surface area contributed by atoms with E-state index in [1.165, 1.54) is 0 Å². The Balaban J connectivity index is 2.57. The predicted molar refractivity (Wildman–Crippen MR) is 67.7 cm³/mol. The Morgan fingerprint density at radius 2 is 2.00 bits per heavy atom. The van der Waals surface area contributed by atoms with Crippen molar-refractivity contribution in [2.24, 2.45) is 5.73 Å². The number of hydrogen-bond acceptors (Lipinski definition) is 3. The number of benzene rings is 1. The van der Waals surface area contributed by atoms with E-state index in [0.29, 0.717) is 4.99 Å². The van der Waals surface area contributed by atoms with Crippen molar-refractivity contribution in [3.63, 3.8) is 0 Å². The fourth-order valence-corrected chi connectivity index (χ4v) is 1.33. The number of nitrogens with zero attached hydrogens (tertiary/aromatic N) is 1. The maximum absolute atomic E-state index is 5.45. The first-order valence-corrected chi connectivity index (χ1v) is 5.18. The zero-order valence-electron chi connectivity index (χ0n) is 9.06. The molecule has 0 atom stereocenters. The van der Waals surface area contributed by atoms with Crippen LogP contribution in [0.25, 0.3) is 0 Å². The van der Waals surface area contributed by atoms with Gasteiger partial charge in [0.15, 0.2) is 0 Å². The molecule has 0 fully saturated rings. The van der Waals surface area contributed by atoms with Crippen LogP contribution < -0.4 is 15.4 Å². The second kappa shape index (κ2) is 5.56. The van der Waals surface area contributed by atoms with E-state index >= 15 is 0 Å². The molecular weight excluding hydrogens is 208 g/mol. The van der Waals surface area contributed by atoms with E-state index < -0.39 is 0 Å². The Morgan fingerprint density at radius 1 is 1.40 bits per heavy atom. The van der Waals surface area contributed by atoms with E-state index in [1.54, 1.807) is 7.11 Å². The molecule has 4 heteroatoms. The predicted octanol–water partition coefficient (Wildman–Crippen LogP) is 1.81. The second-order valence-corrected chi connectivity index (χ2v) is 3.86. The molecule has 0 saturated heterocycles. The monoisotopic (exact) mass is 224 g/mol. The van der Waals surface area contributed by atoms with Crippen molar-refractivity contribution in [2.75, 3.05) is 25.6 Å². The Kier molecular flexibility index (Phi) is 4.37. The minimum Gasteiger partial charge on any atom is -0.497 e. The van der Waals surface area contributed by atoms with Crippen LogP contribution in [0.3, 0.4) is 0 Å². The Hall–Kier alpha value is -1.29. The summed E-state index contributed by atoms with van der Waals surface area (Å²) in [7, 11) is 3.67.